The first-order valence-corrected chi connectivity index (χ1v) is 7.78. The molecule has 0 radical (unpaired) electrons. The van der Waals surface area contributed by atoms with Gasteiger partial charge in [0.15, 0.2) is 0 Å². The number of amides is 1. The van der Waals surface area contributed by atoms with Gasteiger partial charge in [0.25, 0.3) is 0 Å². The molecule has 0 heterocycles. The fraction of sp³-hybridized carbons (Fsp3) is 0.588. The number of carbonyl (C=O) groups excluding carboxylic acids is 1. The van der Waals surface area contributed by atoms with Gasteiger partial charge in [0.05, 0.1) is 7.11 Å². The summed E-state index contributed by atoms with van der Waals surface area (Å²) in [7, 11) is 1.68. The molecule has 1 rings (SSSR count). The van der Waals surface area contributed by atoms with E-state index in [4.69, 9.17) is 4.74 Å². The lowest BCUT2D eigenvalue weighted by atomic mass is 10.1. The third-order valence-corrected chi connectivity index (χ3v) is 3.44. The second kappa shape index (κ2) is 10.2. The zero-order chi connectivity index (χ0) is 15.5. The summed E-state index contributed by atoms with van der Waals surface area (Å²) >= 11 is 0. The predicted octanol–water partition coefficient (Wildman–Crippen LogP) is 2.52. The van der Waals surface area contributed by atoms with E-state index in [0.29, 0.717) is 12.5 Å². The van der Waals surface area contributed by atoms with E-state index in [9.17, 15) is 4.79 Å². The van der Waals surface area contributed by atoms with Gasteiger partial charge in [-0.25, -0.2) is 0 Å². The average molecular weight is 292 g/mol. The molecule has 21 heavy (non-hydrogen) atoms. The van der Waals surface area contributed by atoms with Crippen LogP contribution in [0.1, 0.15) is 38.7 Å². The molecule has 0 aliphatic heterocycles. The molecule has 1 aromatic carbocycles. The zero-order valence-corrected chi connectivity index (χ0v) is 13.4. The summed E-state index contributed by atoms with van der Waals surface area (Å²) < 4.78 is 5.15. The van der Waals surface area contributed by atoms with Crippen LogP contribution < -0.4 is 15.4 Å². The van der Waals surface area contributed by atoms with Crippen molar-refractivity contribution in [3.63, 3.8) is 0 Å². The number of ether oxygens (including phenoxy) is 1. The summed E-state index contributed by atoms with van der Waals surface area (Å²) in [6, 6.07) is 8.59. The molecule has 4 nitrogen and oxygen atoms in total. The fourth-order valence-corrected chi connectivity index (χ4v) is 2.06. The molecule has 118 valence electrons. The van der Waals surface area contributed by atoms with Crippen molar-refractivity contribution in [1.29, 1.82) is 0 Å². The Morgan fingerprint density at radius 1 is 1.24 bits per heavy atom. The Balaban J connectivity index is 2.15. The quantitative estimate of drug-likeness (QED) is 0.697. The first kappa shape index (κ1) is 17.5. The van der Waals surface area contributed by atoms with Crippen LogP contribution in [0.3, 0.4) is 0 Å². The van der Waals surface area contributed by atoms with Crippen LogP contribution in [0.2, 0.25) is 0 Å². The molecule has 0 saturated carbocycles. The molecule has 0 aliphatic carbocycles. The lowest BCUT2D eigenvalue weighted by molar-refractivity contribution is -0.121. The largest absolute Gasteiger partial charge is 0.497 e. The Bertz CT molecular complexity index is 404. The number of methoxy groups -OCH3 is 1. The van der Waals surface area contributed by atoms with E-state index in [1.54, 1.807) is 7.11 Å². The second-order valence-electron chi connectivity index (χ2n) is 5.34. The van der Waals surface area contributed by atoms with Gasteiger partial charge in [0.1, 0.15) is 5.75 Å². The first-order chi connectivity index (χ1) is 10.2. The summed E-state index contributed by atoms with van der Waals surface area (Å²) in [6.45, 7) is 5.72. The van der Waals surface area contributed by atoms with Gasteiger partial charge in [0, 0.05) is 25.6 Å². The number of carbonyl (C=O) groups is 1. The standard InChI is InChI=1S/C17H28N2O2/c1-4-12-19-17(20)11-13-18-14(2)5-6-15-7-9-16(21-3)10-8-15/h7-10,14,18H,4-6,11-13H2,1-3H3,(H,19,20). The summed E-state index contributed by atoms with van der Waals surface area (Å²) in [5.74, 6) is 1.02. The van der Waals surface area contributed by atoms with E-state index >= 15 is 0 Å². The highest BCUT2D eigenvalue weighted by atomic mass is 16.5. The van der Waals surface area contributed by atoms with E-state index in [2.05, 4.69) is 36.6 Å². The third kappa shape index (κ3) is 7.71. The van der Waals surface area contributed by atoms with Crippen LogP contribution in [0, 0.1) is 0 Å². The summed E-state index contributed by atoms with van der Waals surface area (Å²) in [6.07, 6.45) is 3.62. The van der Waals surface area contributed by atoms with Crippen LogP contribution in [0.5, 0.6) is 5.75 Å². The summed E-state index contributed by atoms with van der Waals surface area (Å²) in [5.41, 5.74) is 1.31. The Labute approximate surface area is 128 Å². The van der Waals surface area contributed by atoms with Crippen LogP contribution in [-0.2, 0) is 11.2 Å². The van der Waals surface area contributed by atoms with Crippen molar-refractivity contribution in [3.8, 4) is 5.75 Å². The smallest absolute Gasteiger partial charge is 0.221 e. The molecule has 0 aromatic heterocycles. The van der Waals surface area contributed by atoms with Crippen LogP contribution in [0.25, 0.3) is 0 Å². The monoisotopic (exact) mass is 292 g/mol. The van der Waals surface area contributed by atoms with Crippen LogP contribution >= 0.6 is 0 Å². The van der Waals surface area contributed by atoms with Crippen molar-refractivity contribution in [1.82, 2.24) is 10.6 Å². The van der Waals surface area contributed by atoms with Gasteiger partial charge in [0.2, 0.25) is 5.91 Å². The molecule has 1 unspecified atom stereocenters. The van der Waals surface area contributed by atoms with Crippen LogP contribution in [0.4, 0.5) is 0 Å². The van der Waals surface area contributed by atoms with Crippen LogP contribution in [0.15, 0.2) is 24.3 Å². The maximum atomic E-state index is 11.5. The molecule has 2 N–H and O–H groups in total. The van der Waals surface area contributed by atoms with Gasteiger partial charge in [-0.2, -0.15) is 0 Å². The molecule has 0 bridgehead atoms. The minimum Gasteiger partial charge on any atom is -0.497 e. The number of nitrogens with one attached hydrogen (secondary N) is 2. The molecule has 1 amide bonds. The van der Waals surface area contributed by atoms with E-state index in [-0.39, 0.29) is 5.91 Å². The minimum atomic E-state index is 0.131. The molecular weight excluding hydrogens is 264 g/mol. The van der Waals surface area contributed by atoms with Crippen molar-refractivity contribution in [2.45, 2.75) is 45.6 Å². The highest BCUT2D eigenvalue weighted by Gasteiger charge is 2.04. The van der Waals surface area contributed by atoms with Crippen molar-refractivity contribution in [2.75, 3.05) is 20.2 Å². The second-order valence-corrected chi connectivity index (χ2v) is 5.34. The van der Waals surface area contributed by atoms with Gasteiger partial charge in [-0.3, -0.25) is 4.79 Å². The number of benzene rings is 1. The van der Waals surface area contributed by atoms with Crippen molar-refractivity contribution >= 4 is 5.91 Å². The predicted molar refractivity (Wildman–Crippen MR) is 86.7 cm³/mol. The Kier molecular flexibility index (Phi) is 8.51. The van der Waals surface area contributed by atoms with E-state index in [1.165, 1.54) is 5.56 Å². The molecule has 0 spiro atoms. The number of aryl methyl sites for hydroxylation is 1. The summed E-state index contributed by atoms with van der Waals surface area (Å²) in [4.78, 5) is 11.5. The zero-order valence-electron chi connectivity index (χ0n) is 13.4. The lowest BCUT2D eigenvalue weighted by Gasteiger charge is -2.13. The number of hydrogen-bond donors (Lipinski definition) is 2. The highest BCUT2D eigenvalue weighted by Crippen LogP contribution is 2.13. The van der Waals surface area contributed by atoms with Gasteiger partial charge < -0.3 is 15.4 Å². The van der Waals surface area contributed by atoms with Crippen LogP contribution in [-0.4, -0.2) is 32.1 Å². The SMILES string of the molecule is CCCNC(=O)CCNC(C)CCc1ccc(OC)cc1. The lowest BCUT2D eigenvalue weighted by Crippen LogP contribution is -2.32. The number of hydrogen-bond acceptors (Lipinski definition) is 3. The molecule has 0 aliphatic rings. The van der Waals surface area contributed by atoms with E-state index < -0.39 is 0 Å². The molecule has 0 saturated heterocycles. The van der Waals surface area contributed by atoms with Crippen molar-refractivity contribution in [2.24, 2.45) is 0 Å². The van der Waals surface area contributed by atoms with Gasteiger partial charge in [-0.15, -0.1) is 0 Å². The maximum absolute atomic E-state index is 11.5. The minimum absolute atomic E-state index is 0.131. The normalized spacial score (nSPS) is 12.0. The van der Waals surface area contributed by atoms with Gasteiger partial charge in [-0.05, 0) is 43.9 Å². The number of rotatable bonds is 10. The molecule has 1 atom stereocenters. The third-order valence-electron chi connectivity index (χ3n) is 3.44. The average Bonchev–Trinajstić information content (AvgIpc) is 2.51. The molecule has 0 fully saturated rings. The van der Waals surface area contributed by atoms with Crippen molar-refractivity contribution < 1.29 is 9.53 Å². The van der Waals surface area contributed by atoms with Crippen molar-refractivity contribution in [3.05, 3.63) is 29.8 Å². The molecular formula is C17H28N2O2. The molecule has 1 aromatic rings. The Morgan fingerprint density at radius 3 is 2.57 bits per heavy atom. The Hall–Kier alpha value is -1.55. The van der Waals surface area contributed by atoms with Gasteiger partial charge >= 0.3 is 0 Å². The highest BCUT2D eigenvalue weighted by molar-refractivity contribution is 5.75. The van der Waals surface area contributed by atoms with Gasteiger partial charge in [-0.1, -0.05) is 19.1 Å². The first-order valence-electron chi connectivity index (χ1n) is 7.78. The Morgan fingerprint density at radius 2 is 1.95 bits per heavy atom. The molecule has 4 heteroatoms. The fourth-order valence-electron chi connectivity index (χ4n) is 2.06. The van der Waals surface area contributed by atoms with E-state index in [1.807, 2.05) is 12.1 Å². The maximum Gasteiger partial charge on any atom is 0.221 e. The topological polar surface area (TPSA) is 50.4 Å². The van der Waals surface area contributed by atoms with E-state index in [0.717, 1.165) is 38.1 Å². The summed E-state index contributed by atoms with van der Waals surface area (Å²) in [5, 5.41) is 6.28.